The third-order valence-electron chi connectivity index (χ3n) is 3.93. The molecule has 0 fully saturated rings. The Morgan fingerprint density at radius 2 is 1.84 bits per heavy atom. The number of anilines is 1. The average Bonchev–Trinajstić information content (AvgIpc) is 2.98. The summed E-state index contributed by atoms with van der Waals surface area (Å²) in [5.74, 6) is -0.245. The molecule has 0 atom stereocenters. The monoisotopic (exact) mass is 375 g/mol. The van der Waals surface area contributed by atoms with E-state index in [4.69, 9.17) is 0 Å². The van der Waals surface area contributed by atoms with Crippen LogP contribution in [0.15, 0.2) is 41.3 Å². The first-order valence-corrected chi connectivity index (χ1v) is 9.83. The molecule has 0 spiro atoms. The van der Waals surface area contributed by atoms with Crippen LogP contribution in [0.3, 0.4) is 0 Å². The predicted molar refractivity (Wildman–Crippen MR) is 99.7 cm³/mol. The highest BCUT2D eigenvalue weighted by molar-refractivity contribution is 7.89. The van der Waals surface area contributed by atoms with Crippen LogP contribution in [0.5, 0.6) is 0 Å². The normalized spacial score (nSPS) is 11.6. The van der Waals surface area contributed by atoms with Crippen molar-refractivity contribution in [3.8, 4) is 0 Å². The molecule has 130 valence electrons. The van der Waals surface area contributed by atoms with Gasteiger partial charge in [-0.05, 0) is 62.4 Å². The number of aryl methyl sites for hydroxylation is 2. The van der Waals surface area contributed by atoms with Crippen molar-refractivity contribution in [1.29, 1.82) is 0 Å². The molecule has 0 aliphatic heterocycles. The van der Waals surface area contributed by atoms with Crippen molar-refractivity contribution in [3.63, 3.8) is 0 Å². The van der Waals surface area contributed by atoms with Crippen molar-refractivity contribution in [2.75, 3.05) is 12.4 Å². The Balaban J connectivity index is 1.89. The molecule has 3 rings (SSSR count). The standard InChI is InChI=1S/C17H17N3O3S2/c1-10-4-5-12(8-11(10)2)16(21)20-17-19-14-7-6-13(9-15(14)24-17)25(22,23)18-3/h4-9,18H,1-3H3,(H,19,20,21). The van der Waals surface area contributed by atoms with Crippen molar-refractivity contribution in [2.45, 2.75) is 18.7 Å². The Bertz CT molecular complexity index is 1070. The van der Waals surface area contributed by atoms with Crippen LogP contribution in [-0.4, -0.2) is 26.4 Å². The van der Waals surface area contributed by atoms with Gasteiger partial charge in [0.2, 0.25) is 10.0 Å². The number of fused-ring (bicyclic) bond motifs is 1. The van der Waals surface area contributed by atoms with Crippen molar-refractivity contribution in [3.05, 3.63) is 53.1 Å². The number of nitrogens with one attached hydrogen (secondary N) is 2. The molecule has 1 aromatic heterocycles. The lowest BCUT2D eigenvalue weighted by molar-refractivity contribution is 0.102. The summed E-state index contributed by atoms with van der Waals surface area (Å²) in [5.41, 5.74) is 3.35. The van der Waals surface area contributed by atoms with Crippen LogP contribution in [0.4, 0.5) is 5.13 Å². The van der Waals surface area contributed by atoms with E-state index in [1.165, 1.54) is 24.5 Å². The number of carbonyl (C=O) groups is 1. The lowest BCUT2D eigenvalue weighted by Crippen LogP contribution is -2.18. The smallest absolute Gasteiger partial charge is 0.257 e. The first kappa shape index (κ1) is 17.5. The molecule has 2 aromatic carbocycles. The fraction of sp³-hybridized carbons (Fsp3) is 0.176. The van der Waals surface area contributed by atoms with Crippen molar-refractivity contribution < 1.29 is 13.2 Å². The molecule has 2 N–H and O–H groups in total. The first-order chi connectivity index (χ1) is 11.8. The van der Waals surface area contributed by atoms with Crippen molar-refractivity contribution in [2.24, 2.45) is 0 Å². The molecule has 8 heteroatoms. The number of benzene rings is 2. The molecular formula is C17H17N3O3S2. The van der Waals surface area contributed by atoms with E-state index in [9.17, 15) is 13.2 Å². The summed E-state index contributed by atoms with van der Waals surface area (Å²) in [6.45, 7) is 3.94. The van der Waals surface area contributed by atoms with Gasteiger partial charge in [0.05, 0.1) is 15.1 Å². The van der Waals surface area contributed by atoms with E-state index >= 15 is 0 Å². The summed E-state index contributed by atoms with van der Waals surface area (Å²) in [4.78, 5) is 16.9. The highest BCUT2D eigenvalue weighted by atomic mass is 32.2. The fourth-order valence-corrected chi connectivity index (χ4v) is 4.03. The maximum absolute atomic E-state index is 12.4. The molecule has 1 heterocycles. The minimum atomic E-state index is -3.51. The minimum absolute atomic E-state index is 0.165. The number of sulfonamides is 1. The van der Waals surface area contributed by atoms with Gasteiger partial charge in [0.1, 0.15) is 0 Å². The largest absolute Gasteiger partial charge is 0.298 e. The summed E-state index contributed by atoms with van der Waals surface area (Å²) in [6.07, 6.45) is 0. The van der Waals surface area contributed by atoms with Gasteiger partial charge in [-0.2, -0.15) is 0 Å². The van der Waals surface area contributed by atoms with Gasteiger partial charge in [-0.1, -0.05) is 17.4 Å². The molecule has 0 aliphatic carbocycles. The maximum Gasteiger partial charge on any atom is 0.257 e. The van der Waals surface area contributed by atoms with E-state index in [1.54, 1.807) is 18.2 Å². The minimum Gasteiger partial charge on any atom is -0.298 e. The number of carbonyl (C=O) groups excluding carboxylic acids is 1. The number of hydrogen-bond acceptors (Lipinski definition) is 5. The molecule has 6 nitrogen and oxygen atoms in total. The quantitative estimate of drug-likeness (QED) is 0.733. The maximum atomic E-state index is 12.4. The molecule has 0 aliphatic rings. The highest BCUT2D eigenvalue weighted by Crippen LogP contribution is 2.28. The number of aromatic nitrogens is 1. The van der Waals surface area contributed by atoms with Crippen LogP contribution in [-0.2, 0) is 10.0 Å². The van der Waals surface area contributed by atoms with Gasteiger partial charge in [-0.3, -0.25) is 10.1 Å². The second-order valence-corrected chi connectivity index (χ2v) is 8.53. The fourth-order valence-electron chi connectivity index (χ4n) is 2.30. The van der Waals surface area contributed by atoms with Gasteiger partial charge in [0, 0.05) is 5.56 Å². The molecule has 0 unspecified atom stereocenters. The summed E-state index contributed by atoms with van der Waals surface area (Å²) >= 11 is 1.23. The third-order valence-corrected chi connectivity index (χ3v) is 6.27. The number of hydrogen-bond donors (Lipinski definition) is 2. The molecule has 0 saturated carbocycles. The molecule has 0 bridgehead atoms. The molecular weight excluding hydrogens is 358 g/mol. The van der Waals surface area contributed by atoms with Crippen LogP contribution in [0.1, 0.15) is 21.5 Å². The zero-order chi connectivity index (χ0) is 18.2. The Morgan fingerprint density at radius 1 is 1.08 bits per heavy atom. The topological polar surface area (TPSA) is 88.2 Å². The van der Waals surface area contributed by atoms with E-state index in [0.29, 0.717) is 20.9 Å². The second kappa shape index (κ2) is 6.55. The number of rotatable bonds is 4. The molecule has 1 amide bonds. The van der Waals surface area contributed by atoms with Gasteiger partial charge >= 0.3 is 0 Å². The SMILES string of the molecule is CNS(=O)(=O)c1ccc2nc(NC(=O)c3ccc(C)c(C)c3)sc2c1. The summed E-state index contributed by atoms with van der Waals surface area (Å²) < 4.78 is 26.7. The Kier molecular flexibility index (Phi) is 4.59. The van der Waals surface area contributed by atoms with Gasteiger partial charge in [0.25, 0.3) is 5.91 Å². The van der Waals surface area contributed by atoms with Crippen LogP contribution in [0.2, 0.25) is 0 Å². The Labute approximate surface area is 150 Å². The third kappa shape index (κ3) is 3.55. The number of nitrogens with zero attached hydrogens (tertiary/aromatic N) is 1. The van der Waals surface area contributed by atoms with E-state index in [1.807, 2.05) is 26.0 Å². The van der Waals surface area contributed by atoms with Crippen molar-refractivity contribution in [1.82, 2.24) is 9.71 Å². The van der Waals surface area contributed by atoms with E-state index in [0.717, 1.165) is 11.1 Å². The summed E-state index contributed by atoms with van der Waals surface area (Å²) in [5, 5.41) is 3.20. The second-order valence-electron chi connectivity index (χ2n) is 5.61. The highest BCUT2D eigenvalue weighted by Gasteiger charge is 2.15. The van der Waals surface area contributed by atoms with E-state index < -0.39 is 10.0 Å². The number of thiazole rings is 1. The zero-order valence-electron chi connectivity index (χ0n) is 14.0. The van der Waals surface area contributed by atoms with Gasteiger partial charge in [-0.25, -0.2) is 18.1 Å². The Hall–Kier alpha value is -2.29. The summed E-state index contributed by atoms with van der Waals surface area (Å²) in [6, 6.07) is 10.2. The summed E-state index contributed by atoms with van der Waals surface area (Å²) in [7, 11) is -2.15. The van der Waals surface area contributed by atoms with Crippen LogP contribution in [0, 0.1) is 13.8 Å². The van der Waals surface area contributed by atoms with Gasteiger partial charge < -0.3 is 0 Å². The van der Waals surface area contributed by atoms with Crippen LogP contribution < -0.4 is 10.0 Å². The van der Waals surface area contributed by atoms with E-state index in [2.05, 4.69) is 15.0 Å². The molecule has 3 aromatic rings. The van der Waals surface area contributed by atoms with Gasteiger partial charge in [0.15, 0.2) is 5.13 Å². The van der Waals surface area contributed by atoms with Crippen LogP contribution >= 0.6 is 11.3 Å². The zero-order valence-corrected chi connectivity index (χ0v) is 15.6. The van der Waals surface area contributed by atoms with Crippen molar-refractivity contribution >= 4 is 42.6 Å². The predicted octanol–water partition coefficient (Wildman–Crippen LogP) is 3.07. The van der Waals surface area contributed by atoms with Crippen LogP contribution in [0.25, 0.3) is 10.2 Å². The lowest BCUT2D eigenvalue weighted by Gasteiger charge is -2.04. The number of amides is 1. The molecule has 25 heavy (non-hydrogen) atoms. The molecule has 0 radical (unpaired) electrons. The van der Waals surface area contributed by atoms with E-state index in [-0.39, 0.29) is 10.8 Å². The van der Waals surface area contributed by atoms with Gasteiger partial charge in [-0.15, -0.1) is 0 Å². The Morgan fingerprint density at radius 3 is 2.52 bits per heavy atom. The average molecular weight is 375 g/mol. The lowest BCUT2D eigenvalue weighted by atomic mass is 10.1. The first-order valence-electron chi connectivity index (χ1n) is 7.53. The molecule has 0 saturated heterocycles.